The number of alkyl halides is 1. The van der Waals surface area contributed by atoms with Crippen LogP contribution in [0.5, 0.6) is 0 Å². The van der Waals surface area contributed by atoms with E-state index >= 15 is 0 Å². The molecule has 1 aromatic heterocycles. The summed E-state index contributed by atoms with van der Waals surface area (Å²) in [6.07, 6.45) is 1.17. The van der Waals surface area contributed by atoms with E-state index in [2.05, 4.69) is 56.7 Å². The number of halogens is 1. The quantitative estimate of drug-likeness (QED) is 0.795. The van der Waals surface area contributed by atoms with Gasteiger partial charge in [0.1, 0.15) is 5.82 Å². The van der Waals surface area contributed by atoms with Crippen LogP contribution in [0.1, 0.15) is 45.4 Å². The Morgan fingerprint density at radius 3 is 2.57 bits per heavy atom. The fourth-order valence-corrected chi connectivity index (χ4v) is 2.94. The van der Waals surface area contributed by atoms with Crippen molar-refractivity contribution in [2.45, 2.75) is 51.5 Å². The summed E-state index contributed by atoms with van der Waals surface area (Å²) in [6, 6.07) is 4.91. The molecule has 1 aromatic rings. The summed E-state index contributed by atoms with van der Waals surface area (Å²) < 4.78 is 0. The zero-order valence-corrected chi connectivity index (χ0v) is 14.7. The maximum atomic E-state index is 6.08. The maximum Gasteiger partial charge on any atom is 0.129 e. The van der Waals surface area contributed by atoms with Crippen LogP contribution in [0.2, 0.25) is 0 Å². The van der Waals surface area contributed by atoms with Gasteiger partial charge in [-0.15, -0.1) is 11.6 Å². The van der Waals surface area contributed by atoms with Gasteiger partial charge in [0, 0.05) is 42.7 Å². The van der Waals surface area contributed by atoms with Crippen molar-refractivity contribution in [3.8, 4) is 0 Å². The van der Waals surface area contributed by atoms with Gasteiger partial charge in [-0.05, 0) is 31.2 Å². The van der Waals surface area contributed by atoms with Crippen molar-refractivity contribution in [3.63, 3.8) is 0 Å². The molecule has 0 saturated carbocycles. The van der Waals surface area contributed by atoms with Crippen molar-refractivity contribution >= 4 is 17.4 Å². The van der Waals surface area contributed by atoms with Gasteiger partial charge < -0.3 is 4.90 Å². The maximum absolute atomic E-state index is 6.08. The summed E-state index contributed by atoms with van der Waals surface area (Å²) in [5, 5.41) is 0. The minimum atomic E-state index is 0.0492. The molecule has 0 bridgehead atoms. The molecule has 0 N–H and O–H groups in total. The van der Waals surface area contributed by atoms with Crippen molar-refractivity contribution in [2.75, 3.05) is 31.6 Å². The molecule has 0 amide bonds. The minimum Gasteiger partial charge on any atom is -0.354 e. The Labute approximate surface area is 134 Å². The number of rotatable bonds is 3. The Balaban J connectivity index is 2.30. The van der Waals surface area contributed by atoms with Gasteiger partial charge in [-0.1, -0.05) is 27.7 Å². The average molecular weight is 310 g/mol. The molecule has 2 heterocycles. The molecule has 1 unspecified atom stereocenters. The fraction of sp³-hybridized carbons (Fsp3) is 0.706. The summed E-state index contributed by atoms with van der Waals surface area (Å²) in [5.41, 5.74) is 2.34. The lowest BCUT2D eigenvalue weighted by atomic mass is 9.91. The largest absolute Gasteiger partial charge is 0.354 e. The SMILES string of the molecule is CCC1CN(c2cc(CCl)cc(C(C)(C)C)n2)CCN1C. The molecule has 1 aliphatic heterocycles. The second kappa shape index (κ2) is 6.53. The van der Waals surface area contributed by atoms with E-state index in [4.69, 9.17) is 16.6 Å². The predicted octanol–water partition coefficient (Wildman–Crippen LogP) is 3.65. The van der Waals surface area contributed by atoms with Crippen molar-refractivity contribution in [1.82, 2.24) is 9.88 Å². The fourth-order valence-electron chi connectivity index (χ4n) is 2.79. The van der Waals surface area contributed by atoms with Crippen LogP contribution in [0.15, 0.2) is 12.1 Å². The molecular weight excluding hydrogens is 282 g/mol. The standard InChI is InChI=1S/C17H28ClN3/c1-6-14-12-21(8-7-20(14)5)16-10-13(11-18)9-15(19-16)17(2,3)4/h9-10,14H,6-8,11-12H2,1-5H3. The van der Waals surface area contributed by atoms with Crippen LogP contribution in [0.4, 0.5) is 5.82 Å². The number of anilines is 1. The van der Waals surface area contributed by atoms with E-state index in [9.17, 15) is 0 Å². The van der Waals surface area contributed by atoms with Crippen LogP contribution in [0.25, 0.3) is 0 Å². The van der Waals surface area contributed by atoms with Gasteiger partial charge in [-0.25, -0.2) is 4.98 Å². The number of hydrogen-bond acceptors (Lipinski definition) is 3. The van der Waals surface area contributed by atoms with Gasteiger partial charge in [0.2, 0.25) is 0 Å². The van der Waals surface area contributed by atoms with Gasteiger partial charge >= 0.3 is 0 Å². The Morgan fingerprint density at radius 2 is 2.00 bits per heavy atom. The Kier molecular flexibility index (Phi) is 5.15. The zero-order valence-electron chi connectivity index (χ0n) is 14.0. The normalized spacial score (nSPS) is 20.9. The van der Waals surface area contributed by atoms with Crippen LogP contribution in [0, 0.1) is 0 Å². The topological polar surface area (TPSA) is 19.4 Å². The summed E-state index contributed by atoms with van der Waals surface area (Å²) >= 11 is 6.08. The van der Waals surface area contributed by atoms with Gasteiger partial charge in [0.15, 0.2) is 0 Å². The number of piperazine rings is 1. The Morgan fingerprint density at radius 1 is 1.29 bits per heavy atom. The smallest absolute Gasteiger partial charge is 0.129 e. The number of aromatic nitrogens is 1. The van der Waals surface area contributed by atoms with Crippen LogP contribution in [0.3, 0.4) is 0 Å². The number of likely N-dealkylation sites (N-methyl/N-ethyl adjacent to an activating group) is 1. The lowest BCUT2D eigenvalue weighted by molar-refractivity contribution is 0.213. The lowest BCUT2D eigenvalue weighted by Crippen LogP contribution is -2.51. The highest BCUT2D eigenvalue weighted by atomic mass is 35.5. The molecule has 1 atom stereocenters. The first-order chi connectivity index (χ1) is 9.85. The van der Waals surface area contributed by atoms with E-state index in [0.717, 1.165) is 31.1 Å². The molecular formula is C17H28ClN3. The molecule has 0 aliphatic carbocycles. The lowest BCUT2D eigenvalue weighted by Gasteiger charge is -2.40. The first-order valence-electron chi connectivity index (χ1n) is 7.87. The minimum absolute atomic E-state index is 0.0492. The van der Waals surface area contributed by atoms with E-state index in [1.54, 1.807) is 0 Å². The zero-order chi connectivity index (χ0) is 15.6. The highest BCUT2D eigenvalue weighted by molar-refractivity contribution is 6.17. The van der Waals surface area contributed by atoms with Crippen molar-refractivity contribution < 1.29 is 0 Å². The van der Waals surface area contributed by atoms with E-state index < -0.39 is 0 Å². The first-order valence-corrected chi connectivity index (χ1v) is 8.41. The summed E-state index contributed by atoms with van der Waals surface area (Å²) in [5.74, 6) is 1.63. The highest BCUT2D eigenvalue weighted by Gasteiger charge is 2.25. The highest BCUT2D eigenvalue weighted by Crippen LogP contribution is 2.27. The molecule has 0 spiro atoms. The third kappa shape index (κ3) is 3.89. The molecule has 0 radical (unpaired) electrons. The third-order valence-corrected chi connectivity index (χ3v) is 4.68. The van der Waals surface area contributed by atoms with Gasteiger partial charge in [-0.2, -0.15) is 0 Å². The number of nitrogens with zero attached hydrogens (tertiary/aromatic N) is 3. The second-order valence-corrected chi connectivity index (χ2v) is 7.36. The Bertz CT molecular complexity index is 481. The number of pyridine rings is 1. The van der Waals surface area contributed by atoms with Gasteiger partial charge in [-0.3, -0.25) is 4.90 Å². The molecule has 1 aliphatic rings. The molecule has 0 aromatic carbocycles. The summed E-state index contributed by atoms with van der Waals surface area (Å²) in [4.78, 5) is 9.79. The summed E-state index contributed by atoms with van der Waals surface area (Å²) in [6.45, 7) is 12.1. The van der Waals surface area contributed by atoms with Crippen LogP contribution < -0.4 is 4.90 Å². The van der Waals surface area contributed by atoms with Crippen LogP contribution in [-0.2, 0) is 11.3 Å². The second-order valence-electron chi connectivity index (χ2n) is 7.09. The number of hydrogen-bond donors (Lipinski definition) is 0. The monoisotopic (exact) mass is 309 g/mol. The van der Waals surface area contributed by atoms with Crippen molar-refractivity contribution in [1.29, 1.82) is 0 Å². The molecule has 21 heavy (non-hydrogen) atoms. The van der Waals surface area contributed by atoms with Crippen LogP contribution >= 0.6 is 11.6 Å². The van der Waals surface area contributed by atoms with Crippen LogP contribution in [-0.4, -0.2) is 42.6 Å². The van der Waals surface area contributed by atoms with Gasteiger partial charge in [0.25, 0.3) is 0 Å². The molecule has 4 heteroatoms. The third-order valence-electron chi connectivity index (χ3n) is 4.37. The van der Waals surface area contributed by atoms with E-state index in [1.165, 1.54) is 12.0 Å². The van der Waals surface area contributed by atoms with E-state index in [1.807, 2.05) is 0 Å². The summed E-state index contributed by atoms with van der Waals surface area (Å²) in [7, 11) is 2.22. The predicted molar refractivity (Wildman–Crippen MR) is 91.4 cm³/mol. The molecule has 1 fully saturated rings. The van der Waals surface area contributed by atoms with E-state index in [-0.39, 0.29) is 5.41 Å². The van der Waals surface area contributed by atoms with Gasteiger partial charge in [0.05, 0.1) is 0 Å². The molecule has 118 valence electrons. The Hall–Kier alpha value is -0.800. The van der Waals surface area contributed by atoms with E-state index in [0.29, 0.717) is 11.9 Å². The van der Waals surface area contributed by atoms with Crippen molar-refractivity contribution in [3.05, 3.63) is 23.4 Å². The average Bonchev–Trinajstić information content (AvgIpc) is 2.46. The first kappa shape index (κ1) is 16.6. The molecule has 2 rings (SSSR count). The molecule has 1 saturated heterocycles. The van der Waals surface area contributed by atoms with Crippen molar-refractivity contribution in [2.24, 2.45) is 0 Å². The molecule has 3 nitrogen and oxygen atoms in total.